The van der Waals surface area contributed by atoms with E-state index in [4.69, 9.17) is 9.47 Å². The molecule has 8 heteroatoms. The molecular weight excluding hydrogens is 372 g/mol. The van der Waals surface area contributed by atoms with E-state index in [1.54, 1.807) is 13.3 Å². The Bertz CT molecular complexity index is 784. The molecule has 0 bridgehead atoms. The van der Waals surface area contributed by atoms with Crippen LogP contribution in [0.1, 0.15) is 12.8 Å². The minimum Gasteiger partial charge on any atom is -0.466 e. The van der Waals surface area contributed by atoms with Gasteiger partial charge in [-0.3, -0.25) is 0 Å². The van der Waals surface area contributed by atoms with E-state index in [2.05, 4.69) is 21.0 Å². The summed E-state index contributed by atoms with van der Waals surface area (Å²) in [5, 5.41) is 3.70. The number of methoxy groups -OCH3 is 1. The lowest BCUT2D eigenvalue weighted by Crippen LogP contribution is -2.17. The summed E-state index contributed by atoms with van der Waals surface area (Å²) in [6, 6.07) is 5.52. The molecule has 0 unspecified atom stereocenters. The highest BCUT2D eigenvalue weighted by Crippen LogP contribution is 2.33. The molecule has 1 heterocycles. The Kier molecular flexibility index (Phi) is 4.24. The van der Waals surface area contributed by atoms with Gasteiger partial charge in [0.2, 0.25) is 0 Å². The molecule has 0 aliphatic heterocycles. The van der Waals surface area contributed by atoms with E-state index in [0.717, 1.165) is 19.7 Å². The van der Waals surface area contributed by atoms with Gasteiger partial charge < -0.3 is 9.47 Å². The first-order valence-corrected chi connectivity index (χ1v) is 9.02. The van der Waals surface area contributed by atoms with Crippen LogP contribution in [0, 0.1) is 0 Å². The molecule has 1 aromatic carbocycles. The molecule has 0 atom stereocenters. The van der Waals surface area contributed by atoms with Crippen LogP contribution in [0.4, 0.5) is 0 Å². The monoisotopic (exact) mass is 386 g/mol. The summed E-state index contributed by atoms with van der Waals surface area (Å²) >= 11 is 3.40. The number of ether oxygens (including phenoxy) is 2. The van der Waals surface area contributed by atoms with E-state index in [9.17, 15) is 8.42 Å². The predicted octanol–water partition coefficient (Wildman–Crippen LogP) is 2.64. The summed E-state index contributed by atoms with van der Waals surface area (Å²) in [6.45, 7) is 0.136. The highest BCUT2D eigenvalue weighted by Gasteiger charge is 2.37. The Morgan fingerprint density at radius 3 is 2.82 bits per heavy atom. The first kappa shape index (κ1) is 15.5. The number of hydrogen-bond donors (Lipinski definition) is 0. The van der Waals surface area contributed by atoms with Crippen molar-refractivity contribution in [3.05, 3.63) is 35.1 Å². The molecule has 3 rings (SSSR count). The van der Waals surface area contributed by atoms with E-state index in [0.29, 0.717) is 18.6 Å². The molecule has 118 valence electrons. The molecule has 1 fully saturated rings. The molecule has 0 saturated heterocycles. The fraction of sp³-hybridized carbons (Fsp3) is 0.357. The van der Waals surface area contributed by atoms with Crippen LogP contribution in [0.5, 0.6) is 5.75 Å². The number of halogens is 1. The zero-order chi connectivity index (χ0) is 15.7. The first-order chi connectivity index (χ1) is 10.5. The van der Waals surface area contributed by atoms with Crippen LogP contribution in [0.3, 0.4) is 0 Å². The van der Waals surface area contributed by atoms with Crippen molar-refractivity contribution < 1.29 is 17.9 Å². The molecular formula is C14H15BrN2O4S. The summed E-state index contributed by atoms with van der Waals surface area (Å²) < 4.78 is 36.5. The molecule has 22 heavy (non-hydrogen) atoms. The minimum absolute atomic E-state index is 0.136. The second-order valence-corrected chi connectivity index (χ2v) is 7.97. The fourth-order valence-electron chi connectivity index (χ4n) is 2.03. The fourth-order valence-corrected chi connectivity index (χ4v) is 3.86. The van der Waals surface area contributed by atoms with Crippen molar-refractivity contribution in [2.75, 3.05) is 13.9 Å². The zero-order valence-electron chi connectivity index (χ0n) is 11.9. The maximum Gasteiger partial charge on any atom is 0.256 e. The van der Waals surface area contributed by atoms with E-state index in [-0.39, 0.29) is 12.0 Å². The summed E-state index contributed by atoms with van der Waals surface area (Å²) in [5.74, 6) is 0.622. The Hall–Kier alpha value is -1.38. The Morgan fingerprint density at radius 2 is 2.14 bits per heavy atom. The SMILES string of the molecule is COCOc1cc(-c2cnn(S(=O)(=O)C3CC3)c2)ccc1Br. The van der Waals surface area contributed by atoms with Gasteiger partial charge in [0.05, 0.1) is 22.1 Å². The second kappa shape index (κ2) is 6.02. The van der Waals surface area contributed by atoms with Gasteiger partial charge in [0.25, 0.3) is 10.0 Å². The highest BCUT2D eigenvalue weighted by atomic mass is 79.9. The molecule has 0 N–H and O–H groups in total. The van der Waals surface area contributed by atoms with Gasteiger partial charge in [-0.05, 0) is 46.5 Å². The van der Waals surface area contributed by atoms with Gasteiger partial charge in [-0.25, -0.2) is 8.42 Å². The highest BCUT2D eigenvalue weighted by molar-refractivity contribution is 9.10. The minimum atomic E-state index is -3.34. The van der Waals surface area contributed by atoms with Crippen LogP contribution in [0.15, 0.2) is 35.1 Å². The number of benzene rings is 1. The Labute approximate surface area is 137 Å². The first-order valence-electron chi connectivity index (χ1n) is 6.73. The van der Waals surface area contributed by atoms with Gasteiger partial charge in [0, 0.05) is 12.7 Å². The number of hydrogen-bond acceptors (Lipinski definition) is 5. The lowest BCUT2D eigenvalue weighted by Gasteiger charge is -2.08. The van der Waals surface area contributed by atoms with Crippen molar-refractivity contribution in [3.8, 4) is 16.9 Å². The largest absolute Gasteiger partial charge is 0.466 e. The number of aromatic nitrogens is 2. The average molecular weight is 387 g/mol. The van der Waals surface area contributed by atoms with E-state index < -0.39 is 10.0 Å². The summed E-state index contributed by atoms with van der Waals surface area (Å²) in [6.07, 6.45) is 4.51. The van der Waals surface area contributed by atoms with Gasteiger partial charge in [0.1, 0.15) is 5.75 Å². The molecule has 6 nitrogen and oxygen atoms in total. The molecule has 0 amide bonds. The van der Waals surface area contributed by atoms with Gasteiger partial charge in [-0.2, -0.15) is 9.19 Å². The van der Waals surface area contributed by atoms with Gasteiger partial charge in [0.15, 0.2) is 6.79 Å². The van der Waals surface area contributed by atoms with Crippen LogP contribution in [-0.4, -0.2) is 36.8 Å². The van der Waals surface area contributed by atoms with Crippen LogP contribution in [0.25, 0.3) is 11.1 Å². The van der Waals surface area contributed by atoms with Gasteiger partial charge in [-0.1, -0.05) is 6.07 Å². The molecule has 1 saturated carbocycles. The summed E-state index contributed by atoms with van der Waals surface area (Å²) in [4.78, 5) is 0. The van der Waals surface area contributed by atoms with Crippen LogP contribution >= 0.6 is 15.9 Å². The normalized spacial score (nSPS) is 15.0. The maximum absolute atomic E-state index is 12.2. The van der Waals surface area contributed by atoms with Crippen molar-refractivity contribution in [2.24, 2.45) is 0 Å². The van der Waals surface area contributed by atoms with Crippen molar-refractivity contribution in [2.45, 2.75) is 18.1 Å². The van der Waals surface area contributed by atoms with Crippen LogP contribution < -0.4 is 4.74 Å². The molecule has 2 aromatic rings. The molecule has 0 radical (unpaired) electrons. The van der Waals surface area contributed by atoms with Crippen LogP contribution in [-0.2, 0) is 14.8 Å². The van der Waals surface area contributed by atoms with E-state index >= 15 is 0 Å². The molecule has 1 aliphatic rings. The Morgan fingerprint density at radius 1 is 1.36 bits per heavy atom. The van der Waals surface area contributed by atoms with Gasteiger partial charge in [-0.15, -0.1) is 0 Å². The van der Waals surface area contributed by atoms with Crippen LogP contribution in [0.2, 0.25) is 0 Å². The topological polar surface area (TPSA) is 70.4 Å². The van der Waals surface area contributed by atoms with E-state index in [1.807, 2.05) is 18.2 Å². The predicted molar refractivity (Wildman–Crippen MR) is 85.2 cm³/mol. The smallest absolute Gasteiger partial charge is 0.256 e. The van der Waals surface area contributed by atoms with Crippen molar-refractivity contribution >= 4 is 26.0 Å². The molecule has 1 aliphatic carbocycles. The third kappa shape index (κ3) is 3.04. The standard InChI is InChI=1S/C14H15BrN2O4S/c1-20-9-21-14-6-10(2-5-13(14)15)11-7-16-17(8-11)22(18,19)12-3-4-12/h2,5-8,12H,3-4,9H2,1H3. The molecule has 1 aromatic heterocycles. The van der Waals surface area contributed by atoms with E-state index in [1.165, 1.54) is 6.20 Å². The second-order valence-electron chi connectivity index (χ2n) is 5.04. The van der Waals surface area contributed by atoms with Gasteiger partial charge >= 0.3 is 0 Å². The van der Waals surface area contributed by atoms with Crippen molar-refractivity contribution in [3.63, 3.8) is 0 Å². The number of rotatable bonds is 6. The Balaban J connectivity index is 1.90. The number of nitrogens with zero attached hydrogens (tertiary/aromatic N) is 2. The lowest BCUT2D eigenvalue weighted by molar-refractivity contribution is 0.0506. The average Bonchev–Trinajstić information content (AvgIpc) is 3.24. The summed E-state index contributed by atoms with van der Waals surface area (Å²) in [5.41, 5.74) is 1.55. The lowest BCUT2D eigenvalue weighted by atomic mass is 10.1. The van der Waals surface area contributed by atoms with Crippen molar-refractivity contribution in [1.82, 2.24) is 9.19 Å². The summed E-state index contributed by atoms with van der Waals surface area (Å²) in [7, 11) is -1.79. The molecule has 0 spiro atoms. The zero-order valence-corrected chi connectivity index (χ0v) is 14.3. The third-order valence-corrected chi connectivity index (χ3v) is 6.05. The maximum atomic E-state index is 12.2. The van der Waals surface area contributed by atoms with Crippen molar-refractivity contribution in [1.29, 1.82) is 0 Å². The third-order valence-electron chi connectivity index (χ3n) is 3.36. The quantitative estimate of drug-likeness (QED) is 0.713.